The largest absolute Gasteiger partial charge is 0.457 e. The predicted octanol–water partition coefficient (Wildman–Crippen LogP) is 6.18. The van der Waals surface area contributed by atoms with Crippen LogP contribution in [-0.2, 0) is 11.8 Å². The summed E-state index contributed by atoms with van der Waals surface area (Å²) in [5.41, 5.74) is 4.60. The number of anilines is 2. The third-order valence-electron chi connectivity index (χ3n) is 8.69. The highest BCUT2D eigenvalue weighted by Crippen LogP contribution is 2.46. The smallest absolute Gasteiger partial charge is 0.246 e. The number of ether oxygens (including phenoxy) is 1. The number of carbonyl (C=O) groups is 1. The van der Waals surface area contributed by atoms with E-state index in [9.17, 15) is 4.79 Å². The Labute approximate surface area is 242 Å². The van der Waals surface area contributed by atoms with Crippen molar-refractivity contribution in [2.75, 3.05) is 11.9 Å². The Balaban J connectivity index is 1.14. The maximum atomic E-state index is 15.6. The standard InChI is InChI=1S/C32H30FN7O2/c1-4-29(41)40-12-11-19-13-20(14-27(19)40)22-6-7-24-31(37-22)32(35-16-34-24)38-23-8-10-28(18(2)30(23)33)42-21-5-9-26-25(15-21)36-17-39(26)3/h4-10,15-17,19-20,27H,1,11-14H2,2-3H3,(H,34,35,38)/t19-,20+,27?/m0/s1. The van der Waals surface area contributed by atoms with Crippen LogP contribution in [0.4, 0.5) is 15.9 Å². The number of aryl methyl sites for hydroxylation is 1. The van der Waals surface area contributed by atoms with E-state index in [1.807, 2.05) is 46.8 Å². The zero-order valence-corrected chi connectivity index (χ0v) is 23.4. The molecule has 3 aromatic heterocycles. The molecule has 1 N–H and O–H groups in total. The number of nitrogens with zero attached hydrogens (tertiary/aromatic N) is 6. The number of rotatable bonds is 6. The molecule has 0 spiro atoms. The first kappa shape index (κ1) is 26.1. The predicted molar refractivity (Wildman–Crippen MR) is 158 cm³/mol. The molecule has 7 rings (SSSR count). The molecule has 212 valence electrons. The average molecular weight is 564 g/mol. The Morgan fingerprint density at radius 1 is 1.12 bits per heavy atom. The van der Waals surface area contributed by atoms with Gasteiger partial charge in [0.05, 0.1) is 28.6 Å². The fourth-order valence-corrected chi connectivity index (χ4v) is 6.48. The number of aromatic nitrogens is 5. The summed E-state index contributed by atoms with van der Waals surface area (Å²) in [6, 6.07) is 13.1. The van der Waals surface area contributed by atoms with Gasteiger partial charge in [-0.2, -0.15) is 0 Å². The number of nitrogens with one attached hydrogen (secondary N) is 1. The van der Waals surface area contributed by atoms with E-state index in [2.05, 4.69) is 26.8 Å². The van der Waals surface area contributed by atoms with Crippen LogP contribution in [0, 0.1) is 18.7 Å². The molecule has 2 aromatic carbocycles. The molecule has 42 heavy (non-hydrogen) atoms. The van der Waals surface area contributed by atoms with Gasteiger partial charge in [-0.3, -0.25) is 4.79 Å². The van der Waals surface area contributed by atoms with Crippen molar-refractivity contribution in [2.45, 2.75) is 38.1 Å². The van der Waals surface area contributed by atoms with E-state index < -0.39 is 5.82 Å². The zero-order valence-electron chi connectivity index (χ0n) is 23.4. The lowest BCUT2D eigenvalue weighted by Gasteiger charge is -2.23. The van der Waals surface area contributed by atoms with Crippen molar-refractivity contribution >= 4 is 39.5 Å². The number of carbonyl (C=O) groups excluding carboxylic acids is 1. The van der Waals surface area contributed by atoms with E-state index >= 15 is 4.39 Å². The minimum absolute atomic E-state index is 0.00230. The summed E-state index contributed by atoms with van der Waals surface area (Å²) in [6.45, 7) is 6.13. The Morgan fingerprint density at radius 3 is 2.86 bits per heavy atom. The topological polar surface area (TPSA) is 98.1 Å². The van der Waals surface area contributed by atoms with Crippen molar-refractivity contribution in [2.24, 2.45) is 13.0 Å². The highest BCUT2D eigenvalue weighted by Gasteiger charge is 2.44. The van der Waals surface area contributed by atoms with Crippen molar-refractivity contribution < 1.29 is 13.9 Å². The van der Waals surface area contributed by atoms with Crippen molar-refractivity contribution in [3.8, 4) is 11.5 Å². The number of hydrogen-bond acceptors (Lipinski definition) is 7. The minimum Gasteiger partial charge on any atom is -0.457 e. The second-order valence-electron chi connectivity index (χ2n) is 11.1. The molecule has 5 aromatic rings. The lowest BCUT2D eigenvalue weighted by molar-refractivity contribution is -0.126. The van der Waals surface area contributed by atoms with Gasteiger partial charge in [-0.05, 0) is 74.6 Å². The van der Waals surface area contributed by atoms with Gasteiger partial charge >= 0.3 is 0 Å². The molecule has 0 bridgehead atoms. The second-order valence-corrected chi connectivity index (χ2v) is 11.1. The first-order chi connectivity index (χ1) is 20.4. The lowest BCUT2D eigenvalue weighted by atomic mass is 9.99. The van der Waals surface area contributed by atoms with Gasteiger partial charge in [-0.25, -0.2) is 24.3 Å². The van der Waals surface area contributed by atoms with Crippen LogP contribution in [0.25, 0.3) is 22.1 Å². The number of fused-ring (bicyclic) bond motifs is 3. The van der Waals surface area contributed by atoms with Crippen LogP contribution in [-0.4, -0.2) is 47.9 Å². The number of benzene rings is 2. The first-order valence-electron chi connectivity index (χ1n) is 14.1. The number of hydrogen-bond donors (Lipinski definition) is 1. The van der Waals surface area contributed by atoms with Crippen molar-refractivity contribution in [1.82, 2.24) is 29.4 Å². The van der Waals surface area contributed by atoms with Crippen LogP contribution in [0.5, 0.6) is 11.5 Å². The highest BCUT2D eigenvalue weighted by molar-refractivity contribution is 5.88. The Hall–Kier alpha value is -4.86. The Kier molecular flexibility index (Phi) is 6.33. The van der Waals surface area contributed by atoms with Crippen LogP contribution in [0.1, 0.15) is 36.4 Å². The monoisotopic (exact) mass is 563 g/mol. The van der Waals surface area contributed by atoms with E-state index in [1.54, 1.807) is 25.4 Å². The van der Waals surface area contributed by atoms with Gasteiger partial charge in [0.2, 0.25) is 5.91 Å². The first-order valence-corrected chi connectivity index (χ1v) is 14.1. The molecule has 1 unspecified atom stereocenters. The SMILES string of the molecule is C=CC(=O)N1CC[C@H]2C[C@@H](c3ccc4ncnc(Nc5ccc(Oc6ccc7c(c6)ncn7C)c(C)c5F)c4n3)CC21. The molecule has 9 nitrogen and oxygen atoms in total. The van der Waals surface area contributed by atoms with Crippen LogP contribution < -0.4 is 10.1 Å². The van der Waals surface area contributed by atoms with Crippen LogP contribution in [0.15, 0.2) is 67.8 Å². The van der Waals surface area contributed by atoms with Gasteiger partial charge in [0, 0.05) is 42.9 Å². The molecule has 3 atom stereocenters. The van der Waals surface area contributed by atoms with E-state index in [1.165, 1.54) is 12.4 Å². The van der Waals surface area contributed by atoms with Gasteiger partial charge < -0.3 is 19.5 Å². The zero-order chi connectivity index (χ0) is 29.0. The molecule has 0 radical (unpaired) electrons. The van der Waals surface area contributed by atoms with E-state index in [-0.39, 0.29) is 23.6 Å². The molecule has 1 saturated heterocycles. The molecule has 10 heteroatoms. The molecule has 2 fully saturated rings. The van der Waals surface area contributed by atoms with Gasteiger partial charge in [-0.15, -0.1) is 0 Å². The number of amides is 1. The summed E-state index contributed by atoms with van der Waals surface area (Å²) in [5, 5.41) is 3.14. The Morgan fingerprint density at radius 2 is 2.00 bits per heavy atom. The van der Waals surface area contributed by atoms with Crippen molar-refractivity contribution in [3.05, 3.63) is 84.8 Å². The Bertz CT molecular complexity index is 1870. The molecule has 1 amide bonds. The maximum Gasteiger partial charge on any atom is 0.246 e. The molecular formula is C32H30FN7O2. The molecule has 2 aliphatic rings. The van der Waals surface area contributed by atoms with Gasteiger partial charge in [-0.1, -0.05) is 6.58 Å². The molecular weight excluding hydrogens is 533 g/mol. The van der Waals surface area contributed by atoms with E-state index in [0.717, 1.165) is 42.5 Å². The third-order valence-corrected chi connectivity index (χ3v) is 8.69. The maximum absolute atomic E-state index is 15.6. The second kappa shape index (κ2) is 10.2. The average Bonchev–Trinajstić information content (AvgIpc) is 3.71. The van der Waals surface area contributed by atoms with E-state index in [0.29, 0.717) is 39.8 Å². The number of imidazole rings is 1. The summed E-state index contributed by atoms with van der Waals surface area (Å²) >= 11 is 0. The lowest BCUT2D eigenvalue weighted by Crippen LogP contribution is -2.34. The number of likely N-dealkylation sites (tertiary alicyclic amines) is 1. The van der Waals surface area contributed by atoms with E-state index in [4.69, 9.17) is 9.72 Å². The fourth-order valence-electron chi connectivity index (χ4n) is 6.48. The minimum atomic E-state index is -0.440. The van der Waals surface area contributed by atoms with Crippen LogP contribution in [0.2, 0.25) is 0 Å². The van der Waals surface area contributed by atoms with Crippen LogP contribution in [0.3, 0.4) is 0 Å². The molecule has 4 heterocycles. The molecule has 1 saturated carbocycles. The fraction of sp³-hybridized carbons (Fsp3) is 0.281. The van der Waals surface area contributed by atoms with Crippen LogP contribution >= 0.6 is 0 Å². The van der Waals surface area contributed by atoms with Gasteiger partial charge in [0.1, 0.15) is 23.3 Å². The van der Waals surface area contributed by atoms with Crippen molar-refractivity contribution in [1.29, 1.82) is 0 Å². The molecule has 1 aliphatic carbocycles. The highest BCUT2D eigenvalue weighted by atomic mass is 19.1. The summed E-state index contributed by atoms with van der Waals surface area (Å²) in [7, 11) is 1.93. The van der Waals surface area contributed by atoms with Crippen molar-refractivity contribution in [3.63, 3.8) is 0 Å². The summed E-state index contributed by atoms with van der Waals surface area (Å²) < 4.78 is 23.6. The normalized spacial score (nSPS) is 19.8. The summed E-state index contributed by atoms with van der Waals surface area (Å²) in [4.78, 5) is 32.4. The molecule has 1 aliphatic heterocycles. The number of pyridine rings is 1. The summed E-state index contributed by atoms with van der Waals surface area (Å²) in [5.74, 6) is 1.66. The number of halogens is 1. The summed E-state index contributed by atoms with van der Waals surface area (Å²) in [6.07, 6.45) is 7.43. The third kappa shape index (κ3) is 4.43. The van der Waals surface area contributed by atoms with Gasteiger partial charge in [0.15, 0.2) is 11.6 Å². The quantitative estimate of drug-likeness (QED) is 0.247. The van der Waals surface area contributed by atoms with Gasteiger partial charge in [0.25, 0.3) is 0 Å².